The monoisotopic (exact) mass is 260 g/mol. The lowest BCUT2D eigenvalue weighted by molar-refractivity contribution is -0.136. The van der Waals surface area contributed by atoms with Gasteiger partial charge in [-0.1, -0.05) is 12.1 Å². The molecule has 1 rings (SSSR count). The average molecular weight is 260 g/mol. The van der Waals surface area contributed by atoms with Gasteiger partial charge in [0.25, 0.3) is 0 Å². The molecule has 1 atom stereocenters. The molecule has 4 nitrogen and oxygen atoms in total. The third-order valence-electron chi connectivity index (χ3n) is 1.90. The normalized spacial score (nSPS) is 13.4. The molecule has 0 saturated carbocycles. The van der Waals surface area contributed by atoms with Gasteiger partial charge in [0.05, 0.1) is 4.90 Å². The van der Waals surface area contributed by atoms with Crippen molar-refractivity contribution in [3.63, 3.8) is 0 Å². The van der Waals surface area contributed by atoms with Crippen molar-refractivity contribution in [1.82, 2.24) is 0 Å². The lowest BCUT2D eigenvalue weighted by Crippen LogP contribution is -2.12. The van der Waals surface area contributed by atoms with E-state index >= 15 is 0 Å². The van der Waals surface area contributed by atoms with Crippen molar-refractivity contribution in [3.05, 3.63) is 24.3 Å². The molecule has 1 unspecified atom stereocenters. The zero-order chi connectivity index (χ0) is 12.3. The van der Waals surface area contributed by atoms with Crippen LogP contribution in [-0.4, -0.2) is 31.0 Å². The molecular formula is C10H12O4S2. The van der Waals surface area contributed by atoms with Crippen molar-refractivity contribution < 1.29 is 18.3 Å². The van der Waals surface area contributed by atoms with Gasteiger partial charge in [-0.3, -0.25) is 4.79 Å². The Balaban J connectivity index is 3.10. The van der Waals surface area contributed by atoms with Crippen molar-refractivity contribution in [2.75, 3.05) is 6.26 Å². The summed E-state index contributed by atoms with van der Waals surface area (Å²) in [7, 11) is -3.32. The van der Waals surface area contributed by atoms with E-state index in [-0.39, 0.29) is 4.90 Å². The van der Waals surface area contributed by atoms with Crippen LogP contribution in [0.4, 0.5) is 0 Å². The molecule has 0 aliphatic rings. The smallest absolute Gasteiger partial charge is 0.316 e. The number of carbonyl (C=O) groups is 1. The first-order chi connectivity index (χ1) is 7.32. The molecule has 0 aliphatic heterocycles. The van der Waals surface area contributed by atoms with Crippen molar-refractivity contribution in [1.29, 1.82) is 0 Å². The van der Waals surface area contributed by atoms with E-state index in [1.54, 1.807) is 18.2 Å². The van der Waals surface area contributed by atoms with Crippen LogP contribution in [0.1, 0.15) is 6.92 Å². The molecule has 1 aromatic carbocycles. The number of rotatable bonds is 4. The summed E-state index contributed by atoms with van der Waals surface area (Å²) in [6.45, 7) is 1.52. The van der Waals surface area contributed by atoms with E-state index < -0.39 is 21.1 Å². The molecule has 1 N–H and O–H groups in total. The maximum atomic E-state index is 11.4. The van der Waals surface area contributed by atoms with Crippen molar-refractivity contribution >= 4 is 27.6 Å². The van der Waals surface area contributed by atoms with Gasteiger partial charge in [-0.15, -0.1) is 11.8 Å². The van der Waals surface area contributed by atoms with Gasteiger partial charge in [-0.05, 0) is 19.1 Å². The third kappa shape index (κ3) is 3.24. The first-order valence-electron chi connectivity index (χ1n) is 4.51. The van der Waals surface area contributed by atoms with Crippen LogP contribution < -0.4 is 0 Å². The molecule has 0 aromatic heterocycles. The number of aliphatic carboxylic acids is 1. The predicted molar refractivity (Wildman–Crippen MR) is 62.5 cm³/mol. The van der Waals surface area contributed by atoms with E-state index in [1.807, 2.05) is 0 Å². The van der Waals surface area contributed by atoms with Crippen LogP contribution >= 0.6 is 11.8 Å². The maximum absolute atomic E-state index is 11.4. The summed E-state index contributed by atoms with van der Waals surface area (Å²) in [4.78, 5) is 11.3. The highest BCUT2D eigenvalue weighted by Crippen LogP contribution is 2.29. The summed E-state index contributed by atoms with van der Waals surface area (Å²) >= 11 is 1.03. The van der Waals surface area contributed by atoms with Gasteiger partial charge in [0, 0.05) is 11.2 Å². The summed E-state index contributed by atoms with van der Waals surface area (Å²) in [6, 6.07) is 6.39. The molecule has 6 heteroatoms. The van der Waals surface area contributed by atoms with E-state index in [1.165, 1.54) is 13.0 Å². The Morgan fingerprint density at radius 1 is 1.38 bits per heavy atom. The number of carboxylic acids is 1. The van der Waals surface area contributed by atoms with Crippen LogP contribution in [-0.2, 0) is 14.6 Å². The van der Waals surface area contributed by atoms with Crippen LogP contribution in [0.5, 0.6) is 0 Å². The average Bonchev–Trinajstić information content (AvgIpc) is 2.16. The molecule has 0 radical (unpaired) electrons. The highest BCUT2D eigenvalue weighted by Gasteiger charge is 2.18. The number of benzene rings is 1. The van der Waals surface area contributed by atoms with Gasteiger partial charge in [0.15, 0.2) is 9.84 Å². The lowest BCUT2D eigenvalue weighted by Gasteiger charge is -2.09. The first-order valence-corrected chi connectivity index (χ1v) is 7.28. The highest BCUT2D eigenvalue weighted by atomic mass is 32.2. The fourth-order valence-electron chi connectivity index (χ4n) is 1.09. The van der Waals surface area contributed by atoms with Crippen LogP contribution in [0, 0.1) is 0 Å². The Morgan fingerprint density at radius 2 is 1.94 bits per heavy atom. The van der Waals surface area contributed by atoms with Gasteiger partial charge in [0.2, 0.25) is 0 Å². The summed E-state index contributed by atoms with van der Waals surface area (Å²) in [5.74, 6) is -0.965. The Morgan fingerprint density at radius 3 is 2.44 bits per heavy atom. The molecule has 0 aliphatic carbocycles. The molecule has 1 aromatic rings. The zero-order valence-corrected chi connectivity index (χ0v) is 10.5. The number of hydrogen-bond acceptors (Lipinski definition) is 4. The van der Waals surface area contributed by atoms with E-state index in [4.69, 9.17) is 5.11 Å². The Hall–Kier alpha value is -1.01. The largest absolute Gasteiger partial charge is 0.480 e. The van der Waals surface area contributed by atoms with Gasteiger partial charge in [-0.25, -0.2) is 8.42 Å². The van der Waals surface area contributed by atoms with Gasteiger partial charge in [-0.2, -0.15) is 0 Å². The van der Waals surface area contributed by atoms with Gasteiger partial charge >= 0.3 is 5.97 Å². The van der Waals surface area contributed by atoms with Crippen LogP contribution in [0.25, 0.3) is 0 Å². The quantitative estimate of drug-likeness (QED) is 0.833. The first kappa shape index (κ1) is 13.1. The minimum Gasteiger partial charge on any atom is -0.480 e. The van der Waals surface area contributed by atoms with E-state index in [0.717, 1.165) is 18.0 Å². The van der Waals surface area contributed by atoms with Gasteiger partial charge < -0.3 is 5.11 Å². The minimum atomic E-state index is -3.32. The highest BCUT2D eigenvalue weighted by molar-refractivity contribution is 8.01. The second-order valence-corrected chi connectivity index (χ2v) is 6.68. The van der Waals surface area contributed by atoms with Crippen LogP contribution in [0.3, 0.4) is 0 Å². The van der Waals surface area contributed by atoms with Crippen LogP contribution in [0.2, 0.25) is 0 Å². The molecule has 0 bridgehead atoms. The standard InChI is InChI=1S/C10H12O4S2/c1-7(10(11)12)15-8-5-3-4-6-9(8)16(2,13)14/h3-7H,1-2H3,(H,11,12). The number of carboxylic acid groups (broad SMARTS) is 1. The van der Waals surface area contributed by atoms with E-state index in [2.05, 4.69) is 0 Å². The molecule has 0 saturated heterocycles. The Kier molecular flexibility index (Phi) is 3.98. The lowest BCUT2D eigenvalue weighted by atomic mass is 10.4. The number of sulfone groups is 1. The summed E-state index contributed by atoms with van der Waals surface area (Å²) in [6.07, 6.45) is 1.11. The summed E-state index contributed by atoms with van der Waals surface area (Å²) in [5, 5.41) is 8.09. The fraction of sp³-hybridized carbons (Fsp3) is 0.300. The van der Waals surface area contributed by atoms with E-state index in [9.17, 15) is 13.2 Å². The second kappa shape index (κ2) is 4.88. The van der Waals surface area contributed by atoms with Crippen molar-refractivity contribution in [2.45, 2.75) is 22.0 Å². The molecule has 0 heterocycles. The predicted octanol–water partition coefficient (Wildman–Crippen LogP) is 1.66. The Labute approximate surface area is 98.6 Å². The summed E-state index contributed by atoms with van der Waals surface area (Å²) in [5.41, 5.74) is 0. The van der Waals surface area contributed by atoms with Crippen molar-refractivity contribution in [2.24, 2.45) is 0 Å². The zero-order valence-electron chi connectivity index (χ0n) is 8.88. The number of thioether (sulfide) groups is 1. The molecular weight excluding hydrogens is 248 g/mol. The molecule has 16 heavy (non-hydrogen) atoms. The minimum absolute atomic E-state index is 0.174. The topological polar surface area (TPSA) is 71.4 Å². The summed E-state index contributed by atoms with van der Waals surface area (Å²) < 4.78 is 22.9. The fourth-order valence-corrected chi connectivity index (χ4v) is 3.28. The second-order valence-electron chi connectivity index (χ2n) is 3.32. The third-order valence-corrected chi connectivity index (χ3v) is 4.35. The maximum Gasteiger partial charge on any atom is 0.316 e. The SMILES string of the molecule is CC(Sc1ccccc1S(C)(=O)=O)C(=O)O. The van der Waals surface area contributed by atoms with Crippen LogP contribution in [0.15, 0.2) is 34.1 Å². The van der Waals surface area contributed by atoms with Crippen molar-refractivity contribution in [3.8, 4) is 0 Å². The Bertz CT molecular complexity index is 493. The molecule has 0 amide bonds. The molecule has 0 fully saturated rings. The number of hydrogen-bond donors (Lipinski definition) is 1. The van der Waals surface area contributed by atoms with Gasteiger partial charge in [0.1, 0.15) is 5.25 Å². The van der Waals surface area contributed by atoms with E-state index in [0.29, 0.717) is 4.90 Å². The molecule has 0 spiro atoms. The molecule has 88 valence electrons.